The van der Waals surface area contributed by atoms with Gasteiger partial charge in [-0.05, 0) is 23.8 Å². The van der Waals surface area contributed by atoms with E-state index in [9.17, 15) is 14.3 Å². The van der Waals surface area contributed by atoms with Gasteiger partial charge in [-0.1, -0.05) is 34.1 Å². The molecule has 5 nitrogen and oxygen atoms in total. The minimum absolute atomic E-state index is 0.00860. The van der Waals surface area contributed by atoms with Crippen LogP contribution in [0.5, 0.6) is 0 Å². The average Bonchev–Trinajstić information content (AvgIpc) is 2.47. The molecule has 0 aliphatic carbocycles. The molecule has 1 unspecified atom stereocenters. The number of halogens is 1. The van der Waals surface area contributed by atoms with Gasteiger partial charge in [0.2, 0.25) is 0 Å². The molecule has 0 fully saturated rings. The van der Waals surface area contributed by atoms with Crippen LogP contribution in [-0.4, -0.2) is 15.4 Å². The number of benzene rings is 2. The lowest BCUT2D eigenvalue weighted by atomic mass is 10.2. The zero-order valence-electron chi connectivity index (χ0n) is 11.2. The third kappa shape index (κ3) is 3.89. The third-order valence-corrected chi connectivity index (χ3v) is 5.44. The van der Waals surface area contributed by atoms with Gasteiger partial charge < -0.3 is 0 Å². The zero-order chi connectivity index (χ0) is 15.5. The molecule has 0 spiro atoms. The van der Waals surface area contributed by atoms with Crippen LogP contribution in [0.15, 0.2) is 62.3 Å². The first-order valence-electron chi connectivity index (χ1n) is 6.06. The van der Waals surface area contributed by atoms with Crippen molar-refractivity contribution in [2.75, 3.05) is 6.26 Å². The highest BCUT2D eigenvalue weighted by atomic mass is 79.9. The standard InChI is InChI=1S/C14H13BrN2O3S/c1-21(20,13-5-3-2-4-6-13)16-10-11-9-12(17(18)19)7-8-14(11)15/h2-9H,10H2,1H3. The number of rotatable bonds is 4. The van der Waals surface area contributed by atoms with E-state index in [-0.39, 0.29) is 12.2 Å². The fourth-order valence-electron chi connectivity index (χ4n) is 1.74. The highest BCUT2D eigenvalue weighted by molar-refractivity contribution is 9.10. The Morgan fingerprint density at radius 3 is 2.52 bits per heavy atom. The summed E-state index contributed by atoms with van der Waals surface area (Å²) in [4.78, 5) is 11.0. The Kier molecular flexibility index (Phi) is 4.74. The summed E-state index contributed by atoms with van der Waals surface area (Å²) in [5.41, 5.74) is 0.625. The van der Waals surface area contributed by atoms with Crippen molar-refractivity contribution in [3.8, 4) is 0 Å². The average molecular weight is 369 g/mol. The van der Waals surface area contributed by atoms with Gasteiger partial charge in [-0.2, -0.15) is 0 Å². The monoisotopic (exact) mass is 368 g/mol. The second-order valence-electron chi connectivity index (χ2n) is 4.44. The predicted octanol–water partition coefficient (Wildman–Crippen LogP) is 4.01. The maximum atomic E-state index is 12.6. The van der Waals surface area contributed by atoms with E-state index < -0.39 is 14.7 Å². The van der Waals surface area contributed by atoms with Gasteiger partial charge in [0.05, 0.1) is 21.2 Å². The molecule has 110 valence electrons. The van der Waals surface area contributed by atoms with Crippen LogP contribution < -0.4 is 0 Å². The summed E-state index contributed by atoms with van der Waals surface area (Å²) in [5, 5.41) is 10.8. The lowest BCUT2D eigenvalue weighted by Gasteiger charge is -2.06. The number of nitro groups is 1. The summed E-state index contributed by atoms with van der Waals surface area (Å²) in [6, 6.07) is 13.4. The Morgan fingerprint density at radius 2 is 1.90 bits per heavy atom. The van der Waals surface area contributed by atoms with Gasteiger partial charge in [0.1, 0.15) is 0 Å². The van der Waals surface area contributed by atoms with Crippen LogP contribution in [0.1, 0.15) is 5.56 Å². The van der Waals surface area contributed by atoms with Gasteiger partial charge in [-0.25, -0.2) is 8.57 Å². The molecule has 2 aromatic rings. The summed E-state index contributed by atoms with van der Waals surface area (Å²) >= 11 is 3.33. The van der Waals surface area contributed by atoms with Crippen molar-refractivity contribution >= 4 is 31.3 Å². The fraction of sp³-hybridized carbons (Fsp3) is 0.143. The minimum atomic E-state index is -2.52. The van der Waals surface area contributed by atoms with E-state index in [0.717, 1.165) is 0 Å². The molecular weight excluding hydrogens is 356 g/mol. The van der Waals surface area contributed by atoms with Crippen molar-refractivity contribution in [1.82, 2.24) is 0 Å². The second kappa shape index (κ2) is 6.36. The Morgan fingerprint density at radius 1 is 1.24 bits per heavy atom. The molecule has 0 saturated carbocycles. The molecule has 0 bridgehead atoms. The van der Waals surface area contributed by atoms with Crippen LogP contribution in [0.3, 0.4) is 0 Å². The molecule has 7 heteroatoms. The molecule has 21 heavy (non-hydrogen) atoms. The molecule has 2 rings (SSSR count). The number of nitrogens with zero attached hydrogens (tertiary/aromatic N) is 2. The minimum Gasteiger partial charge on any atom is -0.258 e. The lowest BCUT2D eigenvalue weighted by Crippen LogP contribution is -1.99. The first-order chi connectivity index (χ1) is 9.90. The molecule has 0 aliphatic heterocycles. The molecule has 0 aliphatic rings. The van der Waals surface area contributed by atoms with Gasteiger partial charge in [0.25, 0.3) is 5.69 Å². The van der Waals surface area contributed by atoms with Gasteiger partial charge in [0.15, 0.2) is 0 Å². The molecule has 0 saturated heterocycles. The van der Waals surface area contributed by atoms with E-state index in [4.69, 9.17) is 0 Å². The largest absolute Gasteiger partial charge is 0.269 e. The van der Waals surface area contributed by atoms with Crippen LogP contribution in [0.4, 0.5) is 5.69 Å². The lowest BCUT2D eigenvalue weighted by molar-refractivity contribution is -0.384. The van der Waals surface area contributed by atoms with Crippen LogP contribution in [0.25, 0.3) is 0 Å². The molecule has 2 aromatic carbocycles. The summed E-state index contributed by atoms with van der Waals surface area (Å²) in [5.74, 6) is 0. The topological polar surface area (TPSA) is 72.6 Å². The maximum absolute atomic E-state index is 12.6. The summed E-state index contributed by atoms with van der Waals surface area (Å²) in [6.07, 6.45) is 1.56. The molecule has 0 radical (unpaired) electrons. The van der Waals surface area contributed by atoms with E-state index in [1.807, 2.05) is 6.07 Å². The van der Waals surface area contributed by atoms with Gasteiger partial charge >= 0.3 is 0 Å². The Balaban J connectivity index is 2.35. The van der Waals surface area contributed by atoms with Gasteiger partial charge in [0, 0.05) is 27.8 Å². The molecule has 0 amide bonds. The first-order valence-corrected chi connectivity index (χ1v) is 8.77. The Hall–Kier alpha value is -1.73. The van der Waals surface area contributed by atoms with E-state index in [1.165, 1.54) is 12.1 Å². The fourth-order valence-corrected chi connectivity index (χ4v) is 3.30. The van der Waals surface area contributed by atoms with Gasteiger partial charge in [-0.3, -0.25) is 10.1 Å². The number of hydrogen-bond donors (Lipinski definition) is 0. The smallest absolute Gasteiger partial charge is 0.258 e. The molecule has 0 aromatic heterocycles. The SMILES string of the molecule is CS(=O)(=NCc1cc([N+](=O)[O-])ccc1Br)c1ccccc1. The predicted molar refractivity (Wildman–Crippen MR) is 85.7 cm³/mol. The maximum Gasteiger partial charge on any atom is 0.269 e. The van der Waals surface area contributed by atoms with E-state index in [2.05, 4.69) is 20.3 Å². The van der Waals surface area contributed by atoms with Crippen molar-refractivity contribution in [3.05, 3.63) is 68.7 Å². The Labute approximate surface area is 131 Å². The molecule has 1 atom stereocenters. The zero-order valence-corrected chi connectivity index (χ0v) is 13.6. The van der Waals surface area contributed by atoms with Crippen molar-refractivity contribution < 1.29 is 9.13 Å². The summed E-state index contributed by atoms with van der Waals surface area (Å²) in [6.45, 7) is 0.145. The quantitative estimate of drug-likeness (QED) is 0.604. The Bertz CT molecular complexity index is 784. The van der Waals surface area contributed by atoms with Crippen molar-refractivity contribution in [2.24, 2.45) is 4.36 Å². The second-order valence-corrected chi connectivity index (χ2v) is 7.62. The third-order valence-electron chi connectivity index (χ3n) is 2.90. The first kappa shape index (κ1) is 15.7. The highest BCUT2D eigenvalue weighted by Gasteiger charge is 2.10. The molecule has 0 heterocycles. The number of nitro benzene ring substituents is 1. The summed E-state index contributed by atoms with van der Waals surface area (Å²) < 4.78 is 17.5. The van der Waals surface area contributed by atoms with Crippen molar-refractivity contribution in [3.63, 3.8) is 0 Å². The van der Waals surface area contributed by atoms with Crippen LogP contribution in [-0.2, 0) is 16.3 Å². The van der Waals surface area contributed by atoms with Crippen molar-refractivity contribution in [2.45, 2.75) is 11.4 Å². The van der Waals surface area contributed by atoms with E-state index in [0.29, 0.717) is 14.9 Å². The van der Waals surface area contributed by atoms with Crippen LogP contribution in [0, 0.1) is 10.1 Å². The van der Waals surface area contributed by atoms with Crippen LogP contribution >= 0.6 is 15.9 Å². The summed E-state index contributed by atoms with van der Waals surface area (Å²) in [7, 11) is -2.52. The normalized spacial score (nSPS) is 13.4. The number of hydrogen-bond acceptors (Lipinski definition) is 4. The van der Waals surface area contributed by atoms with E-state index in [1.54, 1.807) is 36.6 Å². The molecule has 0 N–H and O–H groups in total. The van der Waals surface area contributed by atoms with Crippen molar-refractivity contribution in [1.29, 1.82) is 0 Å². The number of non-ortho nitro benzene ring substituents is 1. The molecular formula is C14H13BrN2O3S. The van der Waals surface area contributed by atoms with E-state index >= 15 is 0 Å². The van der Waals surface area contributed by atoms with Crippen LogP contribution in [0.2, 0.25) is 0 Å². The van der Waals surface area contributed by atoms with Gasteiger partial charge in [-0.15, -0.1) is 0 Å². The highest BCUT2D eigenvalue weighted by Crippen LogP contribution is 2.24.